The average Bonchev–Trinajstić information content (AvgIpc) is 2.47. The maximum Gasteiger partial charge on any atom is 0.311 e. The molecular formula is C15H20ClNO3. The van der Waals surface area contributed by atoms with E-state index in [0.29, 0.717) is 11.7 Å². The van der Waals surface area contributed by atoms with Crippen molar-refractivity contribution in [2.24, 2.45) is 5.92 Å². The lowest BCUT2D eigenvalue weighted by Crippen LogP contribution is -2.25. The van der Waals surface area contributed by atoms with Gasteiger partial charge in [0.15, 0.2) is 5.75 Å². The molecule has 0 amide bonds. The van der Waals surface area contributed by atoms with Crippen molar-refractivity contribution in [3.05, 3.63) is 33.9 Å². The number of rotatable bonds is 5. The molecule has 2 unspecified atom stereocenters. The minimum absolute atomic E-state index is 0.0155. The zero-order valence-electron chi connectivity index (χ0n) is 11.7. The standard InChI is InChI=1S/C15H20ClNO3/c1-2-11-4-3-5-13(8-11)20-15-7-6-12(10-16)9-14(15)17(18)19/h6-7,9,11,13H,2-5,8,10H2,1H3. The predicted octanol–water partition coefficient (Wildman–Crippen LogP) is 4.68. The van der Waals surface area contributed by atoms with Gasteiger partial charge in [-0.05, 0) is 36.8 Å². The number of alkyl halides is 1. The van der Waals surface area contributed by atoms with Crippen LogP contribution in [-0.2, 0) is 5.88 Å². The molecule has 0 radical (unpaired) electrons. The van der Waals surface area contributed by atoms with Crippen molar-refractivity contribution in [3.63, 3.8) is 0 Å². The van der Waals surface area contributed by atoms with Crippen molar-refractivity contribution in [2.75, 3.05) is 0 Å². The second-order valence-corrected chi connectivity index (χ2v) is 5.64. The molecule has 20 heavy (non-hydrogen) atoms. The quantitative estimate of drug-likeness (QED) is 0.450. The minimum Gasteiger partial charge on any atom is -0.483 e. The molecule has 1 fully saturated rings. The van der Waals surface area contributed by atoms with E-state index in [9.17, 15) is 10.1 Å². The fraction of sp³-hybridized carbons (Fsp3) is 0.600. The van der Waals surface area contributed by atoms with E-state index in [0.717, 1.165) is 31.2 Å². The van der Waals surface area contributed by atoms with E-state index in [-0.39, 0.29) is 17.7 Å². The first-order valence-corrected chi connectivity index (χ1v) is 7.67. The summed E-state index contributed by atoms with van der Waals surface area (Å²) in [5.74, 6) is 1.31. The summed E-state index contributed by atoms with van der Waals surface area (Å²) in [6, 6.07) is 4.96. The number of hydrogen-bond acceptors (Lipinski definition) is 3. The van der Waals surface area contributed by atoms with Crippen molar-refractivity contribution < 1.29 is 9.66 Å². The highest BCUT2D eigenvalue weighted by molar-refractivity contribution is 6.17. The molecule has 0 aromatic heterocycles. The van der Waals surface area contributed by atoms with E-state index in [1.807, 2.05) is 0 Å². The summed E-state index contributed by atoms with van der Waals surface area (Å²) >= 11 is 5.72. The van der Waals surface area contributed by atoms with Crippen LogP contribution in [0.25, 0.3) is 0 Å². The Morgan fingerprint density at radius 3 is 2.90 bits per heavy atom. The first kappa shape index (κ1) is 15.1. The highest BCUT2D eigenvalue weighted by atomic mass is 35.5. The lowest BCUT2D eigenvalue weighted by Gasteiger charge is -2.28. The van der Waals surface area contributed by atoms with Crippen molar-refractivity contribution in [3.8, 4) is 5.75 Å². The van der Waals surface area contributed by atoms with E-state index in [1.165, 1.54) is 12.5 Å². The molecule has 2 rings (SSSR count). The Balaban J connectivity index is 2.14. The molecule has 5 heteroatoms. The van der Waals surface area contributed by atoms with Gasteiger partial charge < -0.3 is 4.74 Å². The van der Waals surface area contributed by atoms with Crippen LogP contribution in [0.5, 0.6) is 5.75 Å². The molecular weight excluding hydrogens is 278 g/mol. The van der Waals surface area contributed by atoms with Gasteiger partial charge in [0, 0.05) is 11.9 Å². The van der Waals surface area contributed by atoms with Gasteiger partial charge in [0.1, 0.15) is 0 Å². The summed E-state index contributed by atoms with van der Waals surface area (Å²) in [4.78, 5) is 10.7. The van der Waals surface area contributed by atoms with Gasteiger partial charge >= 0.3 is 5.69 Å². The number of benzene rings is 1. The lowest BCUT2D eigenvalue weighted by molar-refractivity contribution is -0.386. The summed E-state index contributed by atoms with van der Waals surface area (Å²) in [5.41, 5.74) is 0.752. The Bertz CT molecular complexity index is 478. The highest BCUT2D eigenvalue weighted by Crippen LogP contribution is 2.34. The van der Waals surface area contributed by atoms with Crippen LogP contribution in [-0.4, -0.2) is 11.0 Å². The van der Waals surface area contributed by atoms with Crippen LogP contribution in [0.15, 0.2) is 18.2 Å². The van der Waals surface area contributed by atoms with Crippen molar-refractivity contribution >= 4 is 17.3 Å². The molecule has 0 bridgehead atoms. The molecule has 0 saturated heterocycles. The van der Waals surface area contributed by atoms with Crippen LogP contribution in [0.1, 0.15) is 44.6 Å². The SMILES string of the molecule is CCC1CCCC(Oc2ccc(CCl)cc2[N+](=O)[O-])C1. The van der Waals surface area contributed by atoms with E-state index >= 15 is 0 Å². The average molecular weight is 298 g/mol. The van der Waals surface area contributed by atoms with Crippen LogP contribution in [0.4, 0.5) is 5.69 Å². The molecule has 0 aliphatic heterocycles. The summed E-state index contributed by atoms with van der Waals surface area (Å²) < 4.78 is 5.89. The first-order valence-electron chi connectivity index (χ1n) is 7.14. The Morgan fingerprint density at radius 2 is 2.25 bits per heavy atom. The van der Waals surface area contributed by atoms with E-state index < -0.39 is 4.92 Å². The number of hydrogen-bond donors (Lipinski definition) is 0. The zero-order chi connectivity index (χ0) is 14.5. The monoisotopic (exact) mass is 297 g/mol. The van der Waals surface area contributed by atoms with Gasteiger partial charge in [0.25, 0.3) is 0 Å². The molecule has 1 aliphatic rings. The largest absolute Gasteiger partial charge is 0.483 e. The summed E-state index contributed by atoms with van der Waals surface area (Å²) in [6.07, 6.45) is 5.58. The highest BCUT2D eigenvalue weighted by Gasteiger charge is 2.25. The number of halogens is 1. The molecule has 1 aromatic carbocycles. The van der Waals surface area contributed by atoms with Crippen LogP contribution in [0.2, 0.25) is 0 Å². The maximum atomic E-state index is 11.1. The molecule has 2 atom stereocenters. The number of ether oxygens (including phenoxy) is 1. The third-order valence-corrected chi connectivity index (χ3v) is 4.29. The van der Waals surface area contributed by atoms with Gasteiger partial charge in [0.05, 0.1) is 11.0 Å². The zero-order valence-corrected chi connectivity index (χ0v) is 12.4. The predicted molar refractivity (Wildman–Crippen MR) is 79.3 cm³/mol. The number of nitro benzene ring substituents is 1. The molecule has 0 heterocycles. The Hall–Kier alpha value is -1.29. The first-order chi connectivity index (χ1) is 9.63. The van der Waals surface area contributed by atoms with Crippen LogP contribution >= 0.6 is 11.6 Å². The molecule has 0 spiro atoms. The fourth-order valence-electron chi connectivity index (χ4n) is 2.79. The van der Waals surface area contributed by atoms with Gasteiger partial charge in [-0.3, -0.25) is 10.1 Å². The Labute approximate surface area is 124 Å². The Morgan fingerprint density at radius 1 is 1.45 bits per heavy atom. The molecule has 1 aromatic rings. The van der Waals surface area contributed by atoms with Gasteiger partial charge in [0.2, 0.25) is 0 Å². The third kappa shape index (κ3) is 3.63. The molecule has 4 nitrogen and oxygen atoms in total. The van der Waals surface area contributed by atoms with E-state index in [2.05, 4.69) is 6.92 Å². The molecule has 1 aliphatic carbocycles. The second-order valence-electron chi connectivity index (χ2n) is 5.37. The Kier molecular flexibility index (Phi) is 5.24. The second kappa shape index (κ2) is 6.93. The summed E-state index contributed by atoms with van der Waals surface area (Å²) in [6.45, 7) is 2.19. The van der Waals surface area contributed by atoms with Gasteiger partial charge in [-0.15, -0.1) is 11.6 Å². The maximum absolute atomic E-state index is 11.1. The number of nitrogens with zero attached hydrogens (tertiary/aromatic N) is 1. The molecule has 0 N–H and O–H groups in total. The molecule has 1 saturated carbocycles. The van der Waals surface area contributed by atoms with Crippen molar-refractivity contribution in [2.45, 2.75) is 51.0 Å². The van der Waals surface area contributed by atoms with E-state index in [1.54, 1.807) is 12.1 Å². The van der Waals surface area contributed by atoms with Gasteiger partial charge in [-0.2, -0.15) is 0 Å². The fourth-order valence-corrected chi connectivity index (χ4v) is 2.95. The van der Waals surface area contributed by atoms with Crippen LogP contribution < -0.4 is 4.74 Å². The van der Waals surface area contributed by atoms with Gasteiger partial charge in [-0.25, -0.2) is 0 Å². The van der Waals surface area contributed by atoms with E-state index in [4.69, 9.17) is 16.3 Å². The summed E-state index contributed by atoms with van der Waals surface area (Å²) in [5, 5.41) is 11.1. The van der Waals surface area contributed by atoms with Crippen LogP contribution in [0.3, 0.4) is 0 Å². The third-order valence-electron chi connectivity index (χ3n) is 3.98. The number of nitro groups is 1. The topological polar surface area (TPSA) is 52.4 Å². The molecule has 110 valence electrons. The lowest BCUT2D eigenvalue weighted by atomic mass is 9.85. The van der Waals surface area contributed by atoms with Gasteiger partial charge in [-0.1, -0.05) is 25.8 Å². The minimum atomic E-state index is -0.397. The van der Waals surface area contributed by atoms with Crippen molar-refractivity contribution in [1.82, 2.24) is 0 Å². The van der Waals surface area contributed by atoms with Crippen LogP contribution in [0, 0.1) is 16.0 Å². The normalized spacial score (nSPS) is 22.5. The van der Waals surface area contributed by atoms with Crippen molar-refractivity contribution in [1.29, 1.82) is 0 Å². The smallest absolute Gasteiger partial charge is 0.311 e. The summed E-state index contributed by atoms with van der Waals surface area (Å²) in [7, 11) is 0.